The zero-order valence-corrected chi connectivity index (χ0v) is 17.2. The monoisotopic (exact) mass is 423 g/mol. The molecule has 4 rings (SSSR count). The average Bonchev–Trinajstić information content (AvgIpc) is 3.24. The number of nitrogens with one attached hydrogen (secondary N) is 1. The summed E-state index contributed by atoms with van der Waals surface area (Å²) in [6, 6.07) is 17.5. The number of carbonyl (C=O) groups excluding carboxylic acids is 2. The predicted molar refractivity (Wildman–Crippen MR) is 117 cm³/mol. The number of rotatable bonds is 6. The van der Waals surface area contributed by atoms with Gasteiger partial charge >= 0.3 is 6.03 Å². The fraction of sp³-hybridized carbons (Fsp3) is 0.217. The molecule has 0 radical (unpaired) electrons. The van der Waals surface area contributed by atoms with Crippen LogP contribution in [0.3, 0.4) is 0 Å². The summed E-state index contributed by atoms with van der Waals surface area (Å²) >= 11 is 1.54. The summed E-state index contributed by atoms with van der Waals surface area (Å²) in [6.45, 7) is 1.40. The van der Waals surface area contributed by atoms with E-state index in [0.717, 1.165) is 11.3 Å². The van der Waals surface area contributed by atoms with E-state index in [9.17, 15) is 14.0 Å². The van der Waals surface area contributed by atoms with Crippen LogP contribution in [0.1, 0.15) is 16.9 Å². The molecule has 1 fully saturated rings. The molecular weight excluding hydrogens is 401 g/mol. The van der Waals surface area contributed by atoms with Gasteiger partial charge < -0.3 is 10.2 Å². The molecule has 1 saturated heterocycles. The van der Waals surface area contributed by atoms with E-state index in [4.69, 9.17) is 0 Å². The van der Waals surface area contributed by atoms with Crippen molar-refractivity contribution in [1.82, 2.24) is 4.90 Å². The van der Waals surface area contributed by atoms with Gasteiger partial charge in [-0.2, -0.15) is 0 Å². The summed E-state index contributed by atoms with van der Waals surface area (Å²) in [6.07, 6.45) is 1.11. The molecular formula is C23H22FN3O2S. The zero-order chi connectivity index (χ0) is 20.9. The third-order valence-corrected chi connectivity index (χ3v) is 5.86. The van der Waals surface area contributed by atoms with Crippen molar-refractivity contribution in [3.8, 4) is 0 Å². The van der Waals surface area contributed by atoms with E-state index >= 15 is 0 Å². The lowest BCUT2D eigenvalue weighted by Gasteiger charge is -2.36. The van der Waals surface area contributed by atoms with Crippen LogP contribution in [0.5, 0.6) is 0 Å². The molecule has 3 aromatic rings. The summed E-state index contributed by atoms with van der Waals surface area (Å²) in [7, 11) is 0. The Balaban J connectivity index is 1.45. The third-order valence-electron chi connectivity index (χ3n) is 4.99. The quantitative estimate of drug-likeness (QED) is 0.613. The van der Waals surface area contributed by atoms with Crippen molar-refractivity contribution in [1.29, 1.82) is 0 Å². The number of carbonyl (C=O) groups is 2. The lowest BCUT2D eigenvalue weighted by Crippen LogP contribution is -2.49. The fourth-order valence-corrected chi connectivity index (χ4v) is 4.23. The van der Waals surface area contributed by atoms with E-state index < -0.39 is 0 Å². The highest BCUT2D eigenvalue weighted by Crippen LogP contribution is 2.25. The van der Waals surface area contributed by atoms with E-state index in [1.54, 1.807) is 51.5 Å². The van der Waals surface area contributed by atoms with Crippen LogP contribution in [0, 0.1) is 5.82 Å². The zero-order valence-electron chi connectivity index (χ0n) is 16.4. The summed E-state index contributed by atoms with van der Waals surface area (Å²) in [4.78, 5) is 29.7. The molecule has 0 saturated carbocycles. The Bertz CT molecular complexity index is 1040. The van der Waals surface area contributed by atoms with Gasteiger partial charge in [-0.1, -0.05) is 30.3 Å². The molecule has 2 aromatic carbocycles. The number of urea groups is 1. The van der Waals surface area contributed by atoms with Gasteiger partial charge in [-0.3, -0.25) is 9.69 Å². The molecule has 5 nitrogen and oxygen atoms in total. The van der Waals surface area contributed by atoms with Crippen molar-refractivity contribution in [2.75, 3.05) is 23.3 Å². The molecule has 2 heterocycles. The van der Waals surface area contributed by atoms with Gasteiger partial charge in [0.2, 0.25) is 5.91 Å². The summed E-state index contributed by atoms with van der Waals surface area (Å²) < 4.78 is 14.0. The molecule has 0 aliphatic carbocycles. The van der Waals surface area contributed by atoms with Crippen LogP contribution in [0.25, 0.3) is 0 Å². The molecule has 1 N–H and O–H groups in total. The Kier molecular flexibility index (Phi) is 6.09. The smallest absolute Gasteiger partial charge is 0.324 e. The Morgan fingerprint density at radius 1 is 1.07 bits per heavy atom. The van der Waals surface area contributed by atoms with Crippen LogP contribution in [0.2, 0.25) is 0 Å². The standard InChI is InChI=1S/C23H22FN3O2S/c24-21-10-2-1-6-17(21)16-26-11-5-12-27(23(26)29)19-8-3-7-18(14-19)25-22(28)15-20-9-4-13-30-20/h1-4,6-10,13-14H,5,11-12,15-16H2,(H,25,28). The lowest BCUT2D eigenvalue weighted by atomic mass is 10.1. The van der Waals surface area contributed by atoms with E-state index in [1.165, 1.54) is 6.07 Å². The molecule has 154 valence electrons. The van der Waals surface area contributed by atoms with Crippen LogP contribution in [-0.4, -0.2) is 29.9 Å². The number of halogens is 1. The van der Waals surface area contributed by atoms with Crippen molar-refractivity contribution in [3.63, 3.8) is 0 Å². The second kappa shape index (κ2) is 9.09. The first-order valence-electron chi connectivity index (χ1n) is 9.82. The Morgan fingerprint density at radius 2 is 1.93 bits per heavy atom. The Labute approximate surface area is 178 Å². The van der Waals surface area contributed by atoms with E-state index in [-0.39, 0.29) is 24.3 Å². The van der Waals surface area contributed by atoms with Crippen molar-refractivity contribution >= 4 is 34.6 Å². The van der Waals surface area contributed by atoms with Gasteiger partial charge in [0.15, 0.2) is 0 Å². The topological polar surface area (TPSA) is 52.7 Å². The molecule has 0 unspecified atom stereocenters. The van der Waals surface area contributed by atoms with Crippen LogP contribution >= 0.6 is 11.3 Å². The number of benzene rings is 2. The van der Waals surface area contributed by atoms with Gasteiger partial charge in [0.25, 0.3) is 0 Å². The summed E-state index contributed by atoms with van der Waals surface area (Å²) in [5.41, 5.74) is 1.86. The highest BCUT2D eigenvalue weighted by Gasteiger charge is 2.27. The molecule has 30 heavy (non-hydrogen) atoms. The molecule has 1 aromatic heterocycles. The van der Waals surface area contributed by atoms with Crippen LogP contribution < -0.4 is 10.2 Å². The minimum atomic E-state index is -0.308. The van der Waals surface area contributed by atoms with Gasteiger partial charge in [-0.05, 0) is 42.1 Å². The SMILES string of the molecule is O=C(Cc1cccs1)Nc1cccc(N2CCCN(Cc3ccccc3F)C2=O)c1. The maximum atomic E-state index is 14.0. The maximum Gasteiger partial charge on any atom is 0.324 e. The molecule has 0 bridgehead atoms. The largest absolute Gasteiger partial charge is 0.326 e. The first-order chi connectivity index (χ1) is 14.6. The Hall–Kier alpha value is -3.19. The van der Waals surface area contributed by atoms with Crippen LogP contribution in [0.15, 0.2) is 66.0 Å². The molecule has 3 amide bonds. The third kappa shape index (κ3) is 4.68. The minimum Gasteiger partial charge on any atom is -0.326 e. The van der Waals surface area contributed by atoms with Crippen molar-refractivity contribution in [2.24, 2.45) is 0 Å². The maximum absolute atomic E-state index is 14.0. The van der Waals surface area contributed by atoms with Crippen LogP contribution in [0.4, 0.5) is 20.6 Å². The second-order valence-corrected chi connectivity index (χ2v) is 8.19. The van der Waals surface area contributed by atoms with Crippen molar-refractivity contribution in [2.45, 2.75) is 19.4 Å². The predicted octanol–water partition coefficient (Wildman–Crippen LogP) is 4.90. The lowest BCUT2D eigenvalue weighted by molar-refractivity contribution is -0.115. The van der Waals surface area contributed by atoms with E-state index in [1.807, 2.05) is 29.6 Å². The first-order valence-corrected chi connectivity index (χ1v) is 10.7. The van der Waals surface area contributed by atoms with Gasteiger partial charge in [0, 0.05) is 34.9 Å². The number of hydrogen-bond donors (Lipinski definition) is 1. The number of anilines is 2. The summed E-state index contributed by atoms with van der Waals surface area (Å²) in [5.74, 6) is -0.404. The van der Waals surface area contributed by atoms with Crippen molar-refractivity contribution in [3.05, 3.63) is 82.3 Å². The first kappa shape index (κ1) is 20.1. The molecule has 7 heteroatoms. The Morgan fingerprint density at radius 3 is 2.73 bits per heavy atom. The molecule has 1 aliphatic rings. The number of amides is 3. The number of nitrogens with zero attached hydrogens (tertiary/aromatic N) is 2. The molecule has 0 atom stereocenters. The van der Waals surface area contributed by atoms with Crippen LogP contribution in [-0.2, 0) is 17.8 Å². The highest BCUT2D eigenvalue weighted by molar-refractivity contribution is 7.10. The number of thiophene rings is 1. The van der Waals surface area contributed by atoms with Gasteiger partial charge in [-0.25, -0.2) is 9.18 Å². The minimum absolute atomic E-state index is 0.0965. The van der Waals surface area contributed by atoms with E-state index in [2.05, 4.69) is 5.32 Å². The van der Waals surface area contributed by atoms with E-state index in [0.29, 0.717) is 36.4 Å². The van der Waals surface area contributed by atoms with Gasteiger partial charge in [-0.15, -0.1) is 11.3 Å². The highest BCUT2D eigenvalue weighted by atomic mass is 32.1. The van der Waals surface area contributed by atoms with Crippen molar-refractivity contribution < 1.29 is 14.0 Å². The average molecular weight is 424 g/mol. The molecule has 1 aliphatic heterocycles. The van der Waals surface area contributed by atoms with Gasteiger partial charge in [0.05, 0.1) is 13.0 Å². The second-order valence-electron chi connectivity index (χ2n) is 7.16. The molecule has 0 spiro atoms. The van der Waals surface area contributed by atoms with Gasteiger partial charge in [0.1, 0.15) is 5.82 Å². The number of hydrogen-bond acceptors (Lipinski definition) is 3. The normalized spacial score (nSPS) is 14.1. The summed E-state index contributed by atoms with van der Waals surface area (Å²) in [5, 5.41) is 4.84. The fourth-order valence-electron chi connectivity index (χ4n) is 3.53.